The summed E-state index contributed by atoms with van der Waals surface area (Å²) in [5.41, 5.74) is 3.92. The largest absolute Gasteiger partial charge is 0.365 e. The SMILES string of the molecule is N#Cc1ccc(CNc2nccc3nn(Cc4ccc(Cn5cccn5)cc4)cc23)cc1F. The van der Waals surface area contributed by atoms with Gasteiger partial charge in [0.15, 0.2) is 0 Å². The average Bonchev–Trinajstić information content (AvgIpc) is 3.48. The summed E-state index contributed by atoms with van der Waals surface area (Å²) in [5, 5.41) is 21.9. The van der Waals surface area contributed by atoms with Crippen LogP contribution < -0.4 is 5.32 Å². The number of rotatable bonds is 7. The number of hydrogen-bond donors (Lipinski definition) is 1. The number of nitrogens with zero attached hydrogens (tertiary/aromatic N) is 6. The maximum absolute atomic E-state index is 13.9. The maximum atomic E-state index is 13.9. The highest BCUT2D eigenvalue weighted by Crippen LogP contribution is 2.21. The second kappa shape index (κ2) is 8.93. The summed E-state index contributed by atoms with van der Waals surface area (Å²) in [4.78, 5) is 4.43. The fraction of sp³-hybridized carbons (Fsp3) is 0.120. The van der Waals surface area contributed by atoms with Crippen molar-refractivity contribution in [3.8, 4) is 6.07 Å². The van der Waals surface area contributed by atoms with Gasteiger partial charge in [-0.05, 0) is 41.0 Å². The van der Waals surface area contributed by atoms with Crippen molar-refractivity contribution in [3.63, 3.8) is 0 Å². The lowest BCUT2D eigenvalue weighted by molar-refractivity contribution is 0.622. The highest BCUT2D eigenvalue weighted by molar-refractivity contribution is 5.88. The molecule has 3 aromatic heterocycles. The maximum Gasteiger partial charge on any atom is 0.141 e. The van der Waals surface area contributed by atoms with E-state index in [1.165, 1.54) is 17.7 Å². The molecule has 0 aliphatic heterocycles. The summed E-state index contributed by atoms with van der Waals surface area (Å²) in [5.74, 6) is 0.157. The molecule has 1 N–H and O–H groups in total. The molecule has 0 bridgehead atoms. The first-order valence-corrected chi connectivity index (χ1v) is 10.5. The second-order valence-electron chi connectivity index (χ2n) is 7.72. The minimum atomic E-state index is -0.522. The van der Waals surface area contributed by atoms with Crippen molar-refractivity contribution in [2.75, 3.05) is 5.32 Å². The van der Waals surface area contributed by atoms with Crippen molar-refractivity contribution >= 4 is 16.7 Å². The van der Waals surface area contributed by atoms with Crippen molar-refractivity contribution in [2.45, 2.75) is 19.6 Å². The number of benzene rings is 2. The quantitative estimate of drug-likeness (QED) is 0.409. The van der Waals surface area contributed by atoms with Crippen LogP contribution in [0.1, 0.15) is 22.3 Å². The number of nitriles is 1. The minimum Gasteiger partial charge on any atom is -0.365 e. The lowest BCUT2D eigenvalue weighted by atomic mass is 10.1. The van der Waals surface area contributed by atoms with E-state index in [1.807, 2.05) is 40.0 Å². The summed E-state index contributed by atoms with van der Waals surface area (Å²) in [6, 6.07) is 18.6. The van der Waals surface area contributed by atoms with Crippen LogP contribution in [0.4, 0.5) is 10.2 Å². The fourth-order valence-electron chi connectivity index (χ4n) is 3.68. The first-order chi connectivity index (χ1) is 16.2. The van der Waals surface area contributed by atoms with E-state index in [1.54, 1.807) is 18.5 Å². The highest BCUT2D eigenvalue weighted by Gasteiger charge is 2.09. The Kier molecular flexibility index (Phi) is 5.52. The molecule has 2 aromatic carbocycles. The molecule has 0 saturated carbocycles. The Hall–Kier alpha value is -4.51. The summed E-state index contributed by atoms with van der Waals surface area (Å²) < 4.78 is 17.7. The zero-order valence-electron chi connectivity index (χ0n) is 17.7. The summed E-state index contributed by atoms with van der Waals surface area (Å²) >= 11 is 0. The Morgan fingerprint density at radius 1 is 0.939 bits per heavy atom. The van der Waals surface area contributed by atoms with Gasteiger partial charge in [-0.2, -0.15) is 15.5 Å². The van der Waals surface area contributed by atoms with Gasteiger partial charge in [0.25, 0.3) is 0 Å². The topological polar surface area (TPSA) is 84.4 Å². The molecule has 7 nitrogen and oxygen atoms in total. The molecule has 3 heterocycles. The first-order valence-electron chi connectivity index (χ1n) is 10.5. The van der Waals surface area contributed by atoms with Gasteiger partial charge < -0.3 is 5.32 Å². The Labute approximate surface area is 189 Å². The Morgan fingerprint density at radius 3 is 2.39 bits per heavy atom. The molecule has 33 heavy (non-hydrogen) atoms. The van der Waals surface area contributed by atoms with Crippen LogP contribution in [0.25, 0.3) is 10.9 Å². The van der Waals surface area contributed by atoms with Gasteiger partial charge in [0.2, 0.25) is 0 Å². The van der Waals surface area contributed by atoms with Crippen LogP contribution >= 0.6 is 0 Å². The molecule has 162 valence electrons. The van der Waals surface area contributed by atoms with Gasteiger partial charge >= 0.3 is 0 Å². The zero-order valence-corrected chi connectivity index (χ0v) is 17.7. The molecule has 0 unspecified atom stereocenters. The van der Waals surface area contributed by atoms with Crippen LogP contribution in [-0.4, -0.2) is 24.5 Å². The van der Waals surface area contributed by atoms with Crippen molar-refractivity contribution in [1.29, 1.82) is 5.26 Å². The monoisotopic (exact) mass is 437 g/mol. The normalized spacial score (nSPS) is 10.9. The predicted molar refractivity (Wildman–Crippen MR) is 123 cm³/mol. The van der Waals surface area contributed by atoms with Crippen LogP contribution in [0.2, 0.25) is 0 Å². The zero-order chi connectivity index (χ0) is 22.6. The first kappa shape index (κ1) is 20.4. The molecule has 8 heteroatoms. The van der Waals surface area contributed by atoms with Crippen molar-refractivity contribution < 1.29 is 4.39 Å². The van der Waals surface area contributed by atoms with Gasteiger partial charge in [-0.15, -0.1) is 0 Å². The van der Waals surface area contributed by atoms with Crippen LogP contribution in [0.3, 0.4) is 0 Å². The van der Waals surface area contributed by atoms with E-state index < -0.39 is 5.82 Å². The van der Waals surface area contributed by atoms with E-state index in [0.717, 1.165) is 28.6 Å². The van der Waals surface area contributed by atoms with Crippen molar-refractivity contribution in [1.82, 2.24) is 24.5 Å². The van der Waals surface area contributed by atoms with Crippen molar-refractivity contribution in [2.24, 2.45) is 0 Å². The van der Waals surface area contributed by atoms with Crippen LogP contribution in [0.15, 0.2) is 79.4 Å². The number of nitrogens with one attached hydrogen (secondary N) is 1. The van der Waals surface area contributed by atoms with E-state index in [9.17, 15) is 4.39 Å². The predicted octanol–water partition coefficient (Wildman–Crippen LogP) is 4.35. The molecular formula is C25H20FN7. The van der Waals surface area contributed by atoms with Crippen LogP contribution in [-0.2, 0) is 19.6 Å². The number of fused-ring (bicyclic) bond motifs is 1. The summed E-state index contributed by atoms with van der Waals surface area (Å²) in [6.07, 6.45) is 7.38. The third-order valence-corrected chi connectivity index (χ3v) is 5.37. The molecule has 0 amide bonds. The Morgan fingerprint density at radius 2 is 1.70 bits per heavy atom. The molecule has 5 rings (SSSR count). The number of aromatic nitrogens is 5. The molecule has 0 atom stereocenters. The van der Waals surface area contributed by atoms with Crippen LogP contribution in [0, 0.1) is 17.1 Å². The lowest BCUT2D eigenvalue weighted by Gasteiger charge is -2.07. The molecule has 0 aliphatic rings. The van der Waals surface area contributed by atoms with E-state index in [2.05, 4.69) is 44.8 Å². The van der Waals surface area contributed by atoms with Gasteiger partial charge in [0.1, 0.15) is 17.7 Å². The Balaban J connectivity index is 1.29. The number of halogens is 1. The van der Waals surface area contributed by atoms with E-state index in [4.69, 9.17) is 5.26 Å². The molecule has 0 fully saturated rings. The van der Waals surface area contributed by atoms with Gasteiger partial charge in [0, 0.05) is 31.3 Å². The van der Waals surface area contributed by atoms with E-state index >= 15 is 0 Å². The van der Waals surface area contributed by atoms with E-state index in [-0.39, 0.29) is 5.56 Å². The van der Waals surface area contributed by atoms with E-state index in [0.29, 0.717) is 18.9 Å². The molecule has 0 spiro atoms. The highest BCUT2D eigenvalue weighted by atomic mass is 19.1. The fourth-order valence-corrected chi connectivity index (χ4v) is 3.68. The van der Waals surface area contributed by atoms with Crippen molar-refractivity contribution in [3.05, 3.63) is 107 Å². The van der Waals surface area contributed by atoms with Gasteiger partial charge in [-0.3, -0.25) is 9.36 Å². The molecule has 0 saturated heterocycles. The second-order valence-corrected chi connectivity index (χ2v) is 7.72. The smallest absolute Gasteiger partial charge is 0.141 e. The number of hydrogen-bond acceptors (Lipinski definition) is 5. The third kappa shape index (κ3) is 4.57. The average molecular weight is 437 g/mol. The molecule has 0 aliphatic carbocycles. The summed E-state index contributed by atoms with van der Waals surface area (Å²) in [7, 11) is 0. The van der Waals surface area contributed by atoms with Gasteiger partial charge in [0.05, 0.1) is 29.6 Å². The van der Waals surface area contributed by atoms with Crippen LogP contribution in [0.5, 0.6) is 0 Å². The van der Waals surface area contributed by atoms with Gasteiger partial charge in [-0.25, -0.2) is 9.37 Å². The molecule has 5 aromatic rings. The Bertz CT molecular complexity index is 1430. The minimum absolute atomic E-state index is 0.0367. The molecule has 0 radical (unpaired) electrons. The van der Waals surface area contributed by atoms with Gasteiger partial charge in [-0.1, -0.05) is 30.3 Å². The third-order valence-electron chi connectivity index (χ3n) is 5.37. The lowest BCUT2D eigenvalue weighted by Crippen LogP contribution is -2.02. The number of pyridine rings is 1. The summed E-state index contributed by atoms with van der Waals surface area (Å²) in [6.45, 7) is 1.76. The number of anilines is 1. The molecular weight excluding hydrogens is 417 g/mol. The standard InChI is InChI=1S/C25H20FN7/c26-23-12-20(6-7-21(23)13-27)14-29-25-22-17-33(31-24(22)8-10-28-25)16-19-4-2-18(3-5-19)15-32-11-1-9-30-32/h1-12,17H,14-16H2,(H,28,29).